The van der Waals surface area contributed by atoms with Gasteiger partial charge in [-0.1, -0.05) is 30.3 Å². The molecule has 0 aromatic heterocycles. The van der Waals surface area contributed by atoms with E-state index >= 15 is 0 Å². The summed E-state index contributed by atoms with van der Waals surface area (Å²) in [4.78, 5) is 4.17. The zero-order valence-corrected chi connectivity index (χ0v) is 16.9. The molecule has 26 heavy (non-hydrogen) atoms. The molecule has 1 atom stereocenters. The quantitative estimate of drug-likeness (QED) is 0.400. The SMILES string of the molecule is CN=C(NCCc1ccccc1F)NCC1COc2ccccc2O1.I. The highest BCUT2D eigenvalue weighted by molar-refractivity contribution is 14.0. The Kier molecular flexibility index (Phi) is 7.96. The number of para-hydroxylation sites is 2. The Bertz CT molecular complexity index is 742. The first kappa shape index (κ1) is 20.3. The molecule has 0 saturated heterocycles. The number of nitrogens with one attached hydrogen (secondary N) is 2. The second-order valence-corrected chi connectivity index (χ2v) is 5.72. The average Bonchev–Trinajstić information content (AvgIpc) is 2.65. The molecule has 0 saturated carbocycles. The zero-order chi connectivity index (χ0) is 17.5. The molecule has 140 valence electrons. The normalized spacial score (nSPS) is 15.8. The van der Waals surface area contributed by atoms with Crippen molar-refractivity contribution in [2.24, 2.45) is 4.99 Å². The van der Waals surface area contributed by atoms with E-state index < -0.39 is 0 Å². The summed E-state index contributed by atoms with van der Waals surface area (Å²) in [5, 5.41) is 6.39. The molecule has 1 aliphatic rings. The number of hydrogen-bond donors (Lipinski definition) is 2. The lowest BCUT2D eigenvalue weighted by molar-refractivity contribution is 0.0936. The van der Waals surface area contributed by atoms with E-state index in [1.165, 1.54) is 6.07 Å². The van der Waals surface area contributed by atoms with Crippen LogP contribution in [0.3, 0.4) is 0 Å². The fourth-order valence-electron chi connectivity index (χ4n) is 2.61. The molecule has 3 rings (SSSR count). The third kappa shape index (κ3) is 5.48. The molecule has 1 unspecified atom stereocenters. The summed E-state index contributed by atoms with van der Waals surface area (Å²) in [6, 6.07) is 14.4. The molecule has 1 aliphatic heterocycles. The average molecular weight is 471 g/mol. The Hall–Kier alpha value is -2.03. The van der Waals surface area contributed by atoms with Crippen LogP contribution in [0.5, 0.6) is 11.5 Å². The van der Waals surface area contributed by atoms with Gasteiger partial charge in [0.25, 0.3) is 0 Å². The topological polar surface area (TPSA) is 54.9 Å². The van der Waals surface area contributed by atoms with Gasteiger partial charge in [0.15, 0.2) is 17.5 Å². The molecule has 0 fully saturated rings. The fourth-order valence-corrected chi connectivity index (χ4v) is 2.61. The first-order valence-corrected chi connectivity index (χ1v) is 8.32. The zero-order valence-electron chi connectivity index (χ0n) is 14.6. The van der Waals surface area contributed by atoms with Crippen molar-refractivity contribution in [2.75, 3.05) is 26.7 Å². The molecule has 0 radical (unpaired) electrons. The molecule has 2 aromatic carbocycles. The van der Waals surface area contributed by atoms with E-state index in [9.17, 15) is 4.39 Å². The van der Waals surface area contributed by atoms with E-state index in [1.54, 1.807) is 19.2 Å². The Morgan fingerprint density at radius 2 is 1.85 bits per heavy atom. The lowest BCUT2D eigenvalue weighted by Crippen LogP contribution is -2.45. The fraction of sp³-hybridized carbons (Fsp3) is 0.316. The van der Waals surface area contributed by atoms with Gasteiger partial charge in [-0.2, -0.15) is 0 Å². The highest BCUT2D eigenvalue weighted by Crippen LogP contribution is 2.30. The van der Waals surface area contributed by atoms with E-state index in [-0.39, 0.29) is 35.9 Å². The highest BCUT2D eigenvalue weighted by Gasteiger charge is 2.20. The maximum absolute atomic E-state index is 13.6. The van der Waals surface area contributed by atoms with Crippen LogP contribution in [-0.4, -0.2) is 38.8 Å². The number of benzene rings is 2. The number of rotatable bonds is 5. The summed E-state index contributed by atoms with van der Waals surface area (Å²) in [5.41, 5.74) is 0.686. The van der Waals surface area contributed by atoms with Crippen LogP contribution in [0.2, 0.25) is 0 Å². The van der Waals surface area contributed by atoms with E-state index in [0.717, 1.165) is 11.5 Å². The number of halogens is 2. The lowest BCUT2D eigenvalue weighted by Gasteiger charge is -2.27. The van der Waals surface area contributed by atoms with Crippen LogP contribution in [0.1, 0.15) is 5.56 Å². The minimum absolute atomic E-state index is 0. The molecule has 7 heteroatoms. The highest BCUT2D eigenvalue weighted by atomic mass is 127. The van der Waals surface area contributed by atoms with Crippen LogP contribution < -0.4 is 20.1 Å². The molecule has 1 heterocycles. The van der Waals surface area contributed by atoms with Crippen LogP contribution in [-0.2, 0) is 6.42 Å². The number of aliphatic imine (C=N–C) groups is 1. The number of guanidine groups is 1. The third-order valence-electron chi connectivity index (χ3n) is 3.93. The summed E-state index contributed by atoms with van der Waals surface area (Å²) in [6.45, 7) is 1.63. The molecule has 0 spiro atoms. The summed E-state index contributed by atoms with van der Waals surface area (Å²) in [6.07, 6.45) is 0.490. The largest absolute Gasteiger partial charge is 0.486 e. The van der Waals surface area contributed by atoms with Crippen molar-refractivity contribution in [1.82, 2.24) is 10.6 Å². The van der Waals surface area contributed by atoms with Crippen LogP contribution in [0, 0.1) is 5.82 Å². The van der Waals surface area contributed by atoms with Gasteiger partial charge in [0.05, 0.1) is 6.54 Å². The van der Waals surface area contributed by atoms with Gasteiger partial charge in [-0.3, -0.25) is 4.99 Å². The molecular weight excluding hydrogens is 448 g/mol. The van der Waals surface area contributed by atoms with Gasteiger partial charge in [-0.25, -0.2) is 4.39 Å². The van der Waals surface area contributed by atoms with Crippen LogP contribution in [0.25, 0.3) is 0 Å². The van der Waals surface area contributed by atoms with E-state index in [2.05, 4.69) is 15.6 Å². The van der Waals surface area contributed by atoms with Gasteiger partial charge in [0, 0.05) is 13.6 Å². The molecule has 0 amide bonds. The standard InChI is InChI=1S/C19H22FN3O2.HI/c1-21-19(22-11-10-14-6-2-3-7-16(14)20)23-12-15-13-24-17-8-4-5-9-18(17)25-15;/h2-9,15H,10-13H2,1H3,(H2,21,22,23);1H. The van der Waals surface area contributed by atoms with Crippen molar-refractivity contribution in [2.45, 2.75) is 12.5 Å². The summed E-state index contributed by atoms with van der Waals surface area (Å²) in [7, 11) is 1.70. The van der Waals surface area contributed by atoms with Crippen LogP contribution in [0.15, 0.2) is 53.5 Å². The van der Waals surface area contributed by atoms with Gasteiger partial charge in [0.2, 0.25) is 0 Å². The maximum atomic E-state index is 13.6. The van der Waals surface area contributed by atoms with Crippen molar-refractivity contribution in [3.63, 3.8) is 0 Å². The van der Waals surface area contributed by atoms with Crippen LogP contribution in [0.4, 0.5) is 4.39 Å². The lowest BCUT2D eigenvalue weighted by atomic mass is 10.1. The molecule has 2 N–H and O–H groups in total. The number of hydrogen-bond acceptors (Lipinski definition) is 3. The second-order valence-electron chi connectivity index (χ2n) is 5.72. The first-order valence-electron chi connectivity index (χ1n) is 8.32. The molecule has 0 aliphatic carbocycles. The number of fused-ring (bicyclic) bond motifs is 1. The minimum Gasteiger partial charge on any atom is -0.486 e. The van der Waals surface area contributed by atoms with Crippen molar-refractivity contribution in [3.8, 4) is 11.5 Å². The predicted octanol–water partition coefficient (Wildman–Crippen LogP) is 2.99. The van der Waals surface area contributed by atoms with Gasteiger partial charge in [0.1, 0.15) is 18.5 Å². The van der Waals surface area contributed by atoms with Gasteiger partial charge in [-0.15, -0.1) is 24.0 Å². The Morgan fingerprint density at radius 1 is 1.12 bits per heavy atom. The van der Waals surface area contributed by atoms with E-state index in [4.69, 9.17) is 9.47 Å². The van der Waals surface area contributed by atoms with Crippen molar-refractivity contribution >= 4 is 29.9 Å². The van der Waals surface area contributed by atoms with Crippen molar-refractivity contribution in [1.29, 1.82) is 0 Å². The van der Waals surface area contributed by atoms with Gasteiger partial charge >= 0.3 is 0 Å². The molecule has 5 nitrogen and oxygen atoms in total. The third-order valence-corrected chi connectivity index (χ3v) is 3.93. The number of nitrogens with zero attached hydrogens (tertiary/aromatic N) is 1. The Labute approximate surface area is 170 Å². The first-order chi connectivity index (χ1) is 12.3. The van der Waals surface area contributed by atoms with E-state index in [1.807, 2.05) is 30.3 Å². The van der Waals surface area contributed by atoms with Crippen molar-refractivity contribution in [3.05, 3.63) is 59.9 Å². The number of ether oxygens (including phenoxy) is 2. The summed E-state index contributed by atoms with van der Waals surface area (Å²) >= 11 is 0. The van der Waals surface area contributed by atoms with Gasteiger partial charge in [-0.05, 0) is 30.2 Å². The second kappa shape index (κ2) is 10.2. The monoisotopic (exact) mass is 471 g/mol. The maximum Gasteiger partial charge on any atom is 0.191 e. The van der Waals surface area contributed by atoms with Crippen LogP contribution >= 0.6 is 24.0 Å². The minimum atomic E-state index is -0.182. The summed E-state index contributed by atoms with van der Waals surface area (Å²) < 4.78 is 25.2. The Balaban J connectivity index is 0.00000243. The smallest absolute Gasteiger partial charge is 0.191 e. The Morgan fingerprint density at radius 3 is 2.62 bits per heavy atom. The van der Waals surface area contributed by atoms with E-state index in [0.29, 0.717) is 37.6 Å². The molecular formula is C19H23FIN3O2. The molecule has 2 aromatic rings. The predicted molar refractivity (Wildman–Crippen MR) is 111 cm³/mol. The van der Waals surface area contributed by atoms with Gasteiger partial charge < -0.3 is 20.1 Å². The summed E-state index contributed by atoms with van der Waals surface area (Å²) in [5.74, 6) is 1.99. The van der Waals surface area contributed by atoms with Crippen molar-refractivity contribution < 1.29 is 13.9 Å². The molecule has 0 bridgehead atoms.